The smallest absolute Gasteiger partial charge is 0.208 e. The summed E-state index contributed by atoms with van der Waals surface area (Å²) in [4.78, 5) is 11.3. The monoisotopic (exact) mass is 403 g/mol. The summed E-state index contributed by atoms with van der Waals surface area (Å²) in [6.45, 7) is 11.1. The molecule has 1 saturated heterocycles. The molecule has 3 rings (SSSR count). The maximum absolute atomic E-state index is 5.72. The molecule has 3 heterocycles. The zero-order chi connectivity index (χ0) is 19.9. The molecule has 2 N–H and O–H groups in total. The summed E-state index contributed by atoms with van der Waals surface area (Å²) in [5.41, 5.74) is 2.39. The van der Waals surface area contributed by atoms with Crippen LogP contribution in [0.5, 0.6) is 0 Å². The van der Waals surface area contributed by atoms with Gasteiger partial charge in [-0.25, -0.2) is 4.98 Å². The van der Waals surface area contributed by atoms with Crippen LogP contribution in [0.15, 0.2) is 26.2 Å². The molecule has 1 atom stereocenters. The van der Waals surface area contributed by atoms with Gasteiger partial charge >= 0.3 is 0 Å². The van der Waals surface area contributed by atoms with E-state index in [-0.39, 0.29) is 0 Å². The second-order valence-electron chi connectivity index (χ2n) is 7.76. The number of guanidine groups is 1. The van der Waals surface area contributed by atoms with Crippen LogP contribution in [0.3, 0.4) is 0 Å². The first kappa shape index (κ1) is 20.9. The predicted molar refractivity (Wildman–Crippen MR) is 116 cm³/mol. The van der Waals surface area contributed by atoms with Crippen molar-refractivity contribution in [3.8, 4) is 0 Å². The average Bonchev–Trinajstić information content (AvgIpc) is 3.33. The molecule has 28 heavy (non-hydrogen) atoms. The molecule has 0 spiro atoms. The lowest BCUT2D eigenvalue weighted by Gasteiger charge is -2.31. The Balaban J connectivity index is 1.35. The van der Waals surface area contributed by atoms with Gasteiger partial charge in [0.05, 0.1) is 12.2 Å². The second kappa shape index (κ2) is 10.1. The Kier molecular flexibility index (Phi) is 7.50. The fourth-order valence-electron chi connectivity index (χ4n) is 3.53. The molecular weight excluding hydrogens is 370 g/mol. The van der Waals surface area contributed by atoms with E-state index in [1.165, 1.54) is 18.4 Å². The normalized spacial score (nSPS) is 17.6. The molecule has 1 aliphatic rings. The van der Waals surface area contributed by atoms with Gasteiger partial charge in [-0.1, -0.05) is 6.92 Å². The van der Waals surface area contributed by atoms with Crippen LogP contribution < -0.4 is 10.6 Å². The standard InChI is InChI=1S/C21H33N5OS/c1-15(19-7-10-28-14-19)11-23-21(22-4)24-12-18-5-8-26(9-6-18)13-20-25-16(2)17(3)27-20/h7,10,14-15,18H,5-6,8-9,11-13H2,1-4H3,(H2,22,23,24). The van der Waals surface area contributed by atoms with Crippen molar-refractivity contribution in [2.45, 2.75) is 46.1 Å². The second-order valence-corrected chi connectivity index (χ2v) is 8.54. The van der Waals surface area contributed by atoms with Crippen molar-refractivity contribution >= 4 is 17.3 Å². The van der Waals surface area contributed by atoms with Crippen molar-refractivity contribution in [3.63, 3.8) is 0 Å². The van der Waals surface area contributed by atoms with Crippen LogP contribution in [0.2, 0.25) is 0 Å². The Morgan fingerprint density at radius 2 is 2.14 bits per heavy atom. The number of aryl methyl sites for hydroxylation is 2. The Labute approximate surface area is 172 Å². The first-order valence-corrected chi connectivity index (χ1v) is 11.1. The lowest BCUT2D eigenvalue weighted by atomic mass is 9.97. The van der Waals surface area contributed by atoms with E-state index in [9.17, 15) is 0 Å². The van der Waals surface area contributed by atoms with Crippen LogP contribution in [0.25, 0.3) is 0 Å². The number of nitrogens with zero attached hydrogens (tertiary/aromatic N) is 3. The minimum Gasteiger partial charge on any atom is -0.444 e. The van der Waals surface area contributed by atoms with E-state index in [0.717, 1.165) is 56.0 Å². The molecule has 0 aromatic carbocycles. The van der Waals surface area contributed by atoms with Crippen LogP contribution in [-0.2, 0) is 6.54 Å². The van der Waals surface area contributed by atoms with Gasteiger partial charge < -0.3 is 15.1 Å². The summed E-state index contributed by atoms with van der Waals surface area (Å²) in [6, 6.07) is 2.20. The fraction of sp³-hybridized carbons (Fsp3) is 0.619. The minimum absolute atomic E-state index is 0.482. The highest BCUT2D eigenvalue weighted by molar-refractivity contribution is 7.07. The molecule has 154 valence electrons. The average molecular weight is 404 g/mol. The van der Waals surface area contributed by atoms with Gasteiger partial charge in [0, 0.05) is 20.1 Å². The first-order chi connectivity index (χ1) is 13.5. The highest BCUT2D eigenvalue weighted by Crippen LogP contribution is 2.19. The third kappa shape index (κ3) is 5.82. The number of aromatic nitrogens is 1. The Morgan fingerprint density at radius 3 is 2.75 bits per heavy atom. The van der Waals surface area contributed by atoms with Gasteiger partial charge in [-0.05, 0) is 74.0 Å². The first-order valence-electron chi connectivity index (χ1n) is 10.2. The zero-order valence-electron chi connectivity index (χ0n) is 17.5. The Hall–Kier alpha value is -1.86. The van der Waals surface area contributed by atoms with Gasteiger partial charge in [0.25, 0.3) is 0 Å². The van der Waals surface area contributed by atoms with E-state index in [2.05, 4.69) is 49.3 Å². The number of oxazole rings is 1. The van der Waals surface area contributed by atoms with E-state index in [0.29, 0.717) is 11.8 Å². The van der Waals surface area contributed by atoms with E-state index < -0.39 is 0 Å². The molecule has 0 saturated carbocycles. The molecule has 0 aliphatic carbocycles. The maximum Gasteiger partial charge on any atom is 0.208 e. The third-order valence-corrected chi connectivity index (χ3v) is 6.31. The lowest BCUT2D eigenvalue weighted by Crippen LogP contribution is -2.43. The topological polar surface area (TPSA) is 65.7 Å². The van der Waals surface area contributed by atoms with Gasteiger partial charge in [-0.3, -0.25) is 9.89 Å². The lowest BCUT2D eigenvalue weighted by molar-refractivity contribution is 0.164. The number of likely N-dealkylation sites (tertiary alicyclic amines) is 1. The molecule has 7 heteroatoms. The quantitative estimate of drug-likeness (QED) is 0.547. The van der Waals surface area contributed by atoms with Crippen LogP contribution >= 0.6 is 11.3 Å². The van der Waals surface area contributed by atoms with Crippen LogP contribution in [-0.4, -0.2) is 49.1 Å². The number of thiophene rings is 1. The van der Waals surface area contributed by atoms with Crippen LogP contribution in [0.4, 0.5) is 0 Å². The summed E-state index contributed by atoms with van der Waals surface area (Å²) < 4.78 is 5.72. The van der Waals surface area contributed by atoms with E-state index in [4.69, 9.17) is 4.42 Å². The number of aliphatic imine (C=N–C) groups is 1. The molecule has 1 aliphatic heterocycles. The molecule has 1 unspecified atom stereocenters. The molecular formula is C21H33N5OS. The largest absolute Gasteiger partial charge is 0.444 e. The van der Waals surface area contributed by atoms with Gasteiger partial charge in [0.2, 0.25) is 5.89 Å². The molecule has 0 radical (unpaired) electrons. The van der Waals surface area contributed by atoms with Crippen molar-refractivity contribution in [2.75, 3.05) is 33.2 Å². The number of hydrogen-bond donors (Lipinski definition) is 2. The van der Waals surface area contributed by atoms with Crippen LogP contribution in [0, 0.1) is 19.8 Å². The van der Waals surface area contributed by atoms with Crippen molar-refractivity contribution in [3.05, 3.63) is 39.7 Å². The van der Waals surface area contributed by atoms with Gasteiger partial charge in [-0.15, -0.1) is 0 Å². The fourth-order valence-corrected chi connectivity index (χ4v) is 4.31. The van der Waals surface area contributed by atoms with E-state index in [1.807, 2.05) is 20.9 Å². The molecule has 0 amide bonds. The summed E-state index contributed by atoms with van der Waals surface area (Å²) in [5, 5.41) is 11.3. The Bertz CT molecular complexity index is 727. The minimum atomic E-state index is 0.482. The van der Waals surface area contributed by atoms with E-state index >= 15 is 0 Å². The predicted octanol–water partition coefficient (Wildman–Crippen LogP) is 3.53. The van der Waals surface area contributed by atoms with Crippen molar-refractivity contribution < 1.29 is 4.42 Å². The molecule has 6 nitrogen and oxygen atoms in total. The molecule has 1 fully saturated rings. The SMILES string of the molecule is CN=C(NCC1CCN(Cc2nc(C)c(C)o2)CC1)NCC(C)c1ccsc1. The molecule has 0 bridgehead atoms. The maximum atomic E-state index is 5.72. The van der Waals surface area contributed by atoms with Crippen LogP contribution in [0.1, 0.15) is 48.6 Å². The Morgan fingerprint density at radius 1 is 1.36 bits per heavy atom. The highest BCUT2D eigenvalue weighted by Gasteiger charge is 2.21. The van der Waals surface area contributed by atoms with Crippen molar-refractivity contribution in [1.82, 2.24) is 20.5 Å². The van der Waals surface area contributed by atoms with Gasteiger partial charge in [0.1, 0.15) is 5.76 Å². The van der Waals surface area contributed by atoms with E-state index in [1.54, 1.807) is 11.3 Å². The number of rotatable bonds is 7. The number of hydrogen-bond acceptors (Lipinski definition) is 5. The molecule has 2 aromatic heterocycles. The zero-order valence-corrected chi connectivity index (χ0v) is 18.3. The number of nitrogens with one attached hydrogen (secondary N) is 2. The summed E-state index contributed by atoms with van der Waals surface area (Å²) in [6.07, 6.45) is 2.38. The van der Waals surface area contributed by atoms with Gasteiger partial charge in [0.15, 0.2) is 5.96 Å². The summed E-state index contributed by atoms with van der Waals surface area (Å²) in [7, 11) is 1.84. The van der Waals surface area contributed by atoms with Crippen molar-refractivity contribution in [1.29, 1.82) is 0 Å². The summed E-state index contributed by atoms with van der Waals surface area (Å²) in [5.74, 6) is 3.83. The van der Waals surface area contributed by atoms with Crippen molar-refractivity contribution in [2.24, 2.45) is 10.9 Å². The number of piperidine rings is 1. The molecule has 2 aromatic rings. The van der Waals surface area contributed by atoms with Gasteiger partial charge in [-0.2, -0.15) is 11.3 Å². The summed E-state index contributed by atoms with van der Waals surface area (Å²) >= 11 is 1.75. The highest BCUT2D eigenvalue weighted by atomic mass is 32.1. The third-order valence-electron chi connectivity index (χ3n) is 5.61.